The Balaban J connectivity index is 2.06. The zero-order valence-corrected chi connectivity index (χ0v) is 11.5. The van der Waals surface area contributed by atoms with Crippen molar-refractivity contribution in [1.29, 1.82) is 0 Å². The minimum Gasteiger partial charge on any atom is -0.494 e. The predicted octanol–water partition coefficient (Wildman–Crippen LogP) is 2.45. The van der Waals surface area contributed by atoms with Gasteiger partial charge in [-0.2, -0.15) is 0 Å². The molecule has 0 heterocycles. The average Bonchev–Trinajstić information content (AvgIpc) is 2.43. The number of benzene rings is 1. The Morgan fingerprint density at radius 3 is 2.61 bits per heavy atom. The third-order valence-corrected chi connectivity index (χ3v) is 3.30. The van der Waals surface area contributed by atoms with Crippen LogP contribution in [0.3, 0.4) is 0 Å². The first-order valence-corrected chi connectivity index (χ1v) is 6.69. The fourth-order valence-corrected chi connectivity index (χ4v) is 1.59. The molecular formula is C15H25NO2. The molecule has 1 aromatic rings. The van der Waals surface area contributed by atoms with Gasteiger partial charge in [-0.25, -0.2) is 0 Å². The second-order valence-corrected chi connectivity index (χ2v) is 5.01. The first-order chi connectivity index (χ1) is 8.70. The number of aliphatic hydroxyl groups is 1. The number of ether oxygens (including phenoxy) is 1. The summed E-state index contributed by atoms with van der Waals surface area (Å²) in [6.45, 7) is 6.93. The second-order valence-electron chi connectivity index (χ2n) is 5.01. The summed E-state index contributed by atoms with van der Waals surface area (Å²) in [6.07, 6.45) is 1.96. The highest BCUT2D eigenvalue weighted by Crippen LogP contribution is 2.18. The predicted molar refractivity (Wildman–Crippen MR) is 74.9 cm³/mol. The summed E-state index contributed by atoms with van der Waals surface area (Å²) in [5, 5.41) is 12.6. The van der Waals surface area contributed by atoms with Crippen LogP contribution in [0, 0.1) is 5.41 Å². The largest absolute Gasteiger partial charge is 0.494 e. The molecular weight excluding hydrogens is 226 g/mol. The quantitative estimate of drug-likeness (QED) is 0.662. The summed E-state index contributed by atoms with van der Waals surface area (Å²) in [7, 11) is 0. The maximum Gasteiger partial charge on any atom is 0.119 e. The van der Waals surface area contributed by atoms with Gasteiger partial charge in [-0.05, 0) is 31.5 Å². The van der Waals surface area contributed by atoms with Crippen molar-refractivity contribution in [3.8, 4) is 5.75 Å². The van der Waals surface area contributed by atoms with E-state index in [9.17, 15) is 5.11 Å². The van der Waals surface area contributed by atoms with Crippen LogP contribution in [0.4, 0.5) is 0 Å². The highest BCUT2D eigenvalue weighted by atomic mass is 16.5. The highest BCUT2D eigenvalue weighted by molar-refractivity contribution is 5.20. The van der Waals surface area contributed by atoms with E-state index in [2.05, 4.69) is 19.2 Å². The number of para-hydroxylation sites is 1. The molecule has 0 amide bonds. The Morgan fingerprint density at radius 1 is 1.28 bits per heavy atom. The topological polar surface area (TPSA) is 41.5 Å². The Labute approximate surface area is 110 Å². The van der Waals surface area contributed by atoms with Crippen molar-refractivity contribution in [2.75, 3.05) is 26.3 Å². The number of hydrogen-bond acceptors (Lipinski definition) is 3. The lowest BCUT2D eigenvalue weighted by Crippen LogP contribution is -2.35. The molecule has 2 N–H and O–H groups in total. The van der Waals surface area contributed by atoms with Gasteiger partial charge in [-0.15, -0.1) is 0 Å². The molecule has 0 bridgehead atoms. The summed E-state index contributed by atoms with van der Waals surface area (Å²) in [5.74, 6) is 0.922. The Kier molecular flexibility index (Phi) is 6.76. The number of hydrogen-bond donors (Lipinski definition) is 2. The monoisotopic (exact) mass is 251 g/mol. The summed E-state index contributed by atoms with van der Waals surface area (Å²) in [4.78, 5) is 0. The molecule has 1 atom stereocenters. The fraction of sp³-hybridized carbons (Fsp3) is 0.600. The molecule has 102 valence electrons. The van der Waals surface area contributed by atoms with Crippen LogP contribution in [0.1, 0.15) is 26.7 Å². The summed E-state index contributed by atoms with van der Waals surface area (Å²) < 4.78 is 5.60. The van der Waals surface area contributed by atoms with Gasteiger partial charge in [0.25, 0.3) is 0 Å². The van der Waals surface area contributed by atoms with Crippen LogP contribution >= 0.6 is 0 Å². The molecule has 1 aromatic carbocycles. The van der Waals surface area contributed by atoms with Crippen molar-refractivity contribution in [2.45, 2.75) is 26.7 Å². The summed E-state index contributed by atoms with van der Waals surface area (Å²) in [6, 6.07) is 9.86. The Bertz CT molecular complexity index is 310. The van der Waals surface area contributed by atoms with Crippen molar-refractivity contribution >= 4 is 0 Å². The molecule has 3 heteroatoms. The van der Waals surface area contributed by atoms with Crippen molar-refractivity contribution in [3.05, 3.63) is 30.3 Å². The molecule has 0 aliphatic rings. The maximum atomic E-state index is 9.27. The van der Waals surface area contributed by atoms with E-state index in [-0.39, 0.29) is 12.0 Å². The van der Waals surface area contributed by atoms with Gasteiger partial charge in [0.2, 0.25) is 0 Å². The van der Waals surface area contributed by atoms with Crippen molar-refractivity contribution in [3.63, 3.8) is 0 Å². The standard InChI is InChI=1S/C15H25NO2/c1-3-15(2,13-17)12-16-10-7-11-18-14-8-5-4-6-9-14/h4-6,8-9,16-17H,3,7,10-13H2,1-2H3. The lowest BCUT2D eigenvalue weighted by atomic mass is 9.89. The van der Waals surface area contributed by atoms with Crippen LogP contribution in [-0.4, -0.2) is 31.4 Å². The van der Waals surface area contributed by atoms with Gasteiger partial charge in [0.05, 0.1) is 6.61 Å². The molecule has 0 fully saturated rings. The van der Waals surface area contributed by atoms with Gasteiger partial charge >= 0.3 is 0 Å². The average molecular weight is 251 g/mol. The maximum absolute atomic E-state index is 9.27. The zero-order valence-electron chi connectivity index (χ0n) is 11.5. The van der Waals surface area contributed by atoms with Crippen molar-refractivity contribution in [2.24, 2.45) is 5.41 Å². The van der Waals surface area contributed by atoms with E-state index in [0.717, 1.165) is 38.3 Å². The van der Waals surface area contributed by atoms with Crippen molar-refractivity contribution in [1.82, 2.24) is 5.32 Å². The Hall–Kier alpha value is -1.06. The third-order valence-electron chi connectivity index (χ3n) is 3.30. The lowest BCUT2D eigenvalue weighted by Gasteiger charge is -2.25. The summed E-state index contributed by atoms with van der Waals surface area (Å²) in [5.41, 5.74) is 0.000285. The van der Waals surface area contributed by atoms with E-state index in [0.29, 0.717) is 0 Å². The highest BCUT2D eigenvalue weighted by Gasteiger charge is 2.19. The minimum atomic E-state index is 0.000285. The van der Waals surface area contributed by atoms with Crippen molar-refractivity contribution < 1.29 is 9.84 Å². The molecule has 1 unspecified atom stereocenters. The first kappa shape index (κ1) is 15.0. The van der Waals surface area contributed by atoms with Crippen LogP contribution in [-0.2, 0) is 0 Å². The molecule has 3 nitrogen and oxygen atoms in total. The third kappa shape index (κ3) is 5.52. The smallest absolute Gasteiger partial charge is 0.119 e. The minimum absolute atomic E-state index is 0.000285. The van der Waals surface area contributed by atoms with Crippen LogP contribution in [0.2, 0.25) is 0 Å². The number of nitrogens with one attached hydrogen (secondary N) is 1. The molecule has 0 spiro atoms. The molecule has 0 aliphatic heterocycles. The SMILES string of the molecule is CCC(C)(CO)CNCCCOc1ccccc1. The van der Waals surface area contributed by atoms with Gasteiger partial charge in [0.1, 0.15) is 5.75 Å². The van der Waals surface area contributed by atoms with E-state index in [4.69, 9.17) is 4.74 Å². The van der Waals surface area contributed by atoms with E-state index in [1.54, 1.807) is 0 Å². The van der Waals surface area contributed by atoms with Gasteiger partial charge in [-0.1, -0.05) is 32.0 Å². The molecule has 0 aromatic heterocycles. The molecule has 0 radical (unpaired) electrons. The van der Waals surface area contributed by atoms with E-state index < -0.39 is 0 Å². The first-order valence-electron chi connectivity index (χ1n) is 6.69. The lowest BCUT2D eigenvalue weighted by molar-refractivity contribution is 0.135. The van der Waals surface area contributed by atoms with Crippen LogP contribution in [0.5, 0.6) is 5.75 Å². The molecule has 1 rings (SSSR count). The zero-order chi connectivity index (χ0) is 13.3. The van der Waals surface area contributed by atoms with Gasteiger partial charge in [0, 0.05) is 18.6 Å². The van der Waals surface area contributed by atoms with Gasteiger partial charge in [-0.3, -0.25) is 0 Å². The van der Waals surface area contributed by atoms with E-state index >= 15 is 0 Å². The number of rotatable bonds is 9. The van der Waals surface area contributed by atoms with Crippen LogP contribution in [0.15, 0.2) is 30.3 Å². The van der Waals surface area contributed by atoms with E-state index in [1.807, 2.05) is 30.3 Å². The van der Waals surface area contributed by atoms with Gasteiger partial charge in [0.15, 0.2) is 0 Å². The summed E-state index contributed by atoms with van der Waals surface area (Å²) >= 11 is 0. The molecule has 0 saturated carbocycles. The normalized spacial score (nSPS) is 14.2. The second kappa shape index (κ2) is 8.11. The fourth-order valence-electron chi connectivity index (χ4n) is 1.59. The molecule has 0 aliphatic carbocycles. The van der Waals surface area contributed by atoms with Gasteiger partial charge < -0.3 is 15.2 Å². The van der Waals surface area contributed by atoms with Crippen LogP contribution in [0.25, 0.3) is 0 Å². The van der Waals surface area contributed by atoms with Crippen LogP contribution < -0.4 is 10.1 Å². The van der Waals surface area contributed by atoms with E-state index in [1.165, 1.54) is 0 Å². The number of aliphatic hydroxyl groups excluding tert-OH is 1. The Morgan fingerprint density at radius 2 is 2.00 bits per heavy atom. The molecule has 0 saturated heterocycles. The molecule has 18 heavy (non-hydrogen) atoms.